The Balaban J connectivity index is 1.25. The Morgan fingerprint density at radius 2 is 1.78 bits per heavy atom. The third-order valence-electron chi connectivity index (χ3n) is 9.15. The van der Waals surface area contributed by atoms with E-state index in [1.165, 1.54) is 44.7 Å². The van der Waals surface area contributed by atoms with E-state index in [-0.39, 0.29) is 11.4 Å². The van der Waals surface area contributed by atoms with Gasteiger partial charge in [-0.2, -0.15) is 0 Å². The molecule has 1 aliphatic heterocycles. The smallest absolute Gasteiger partial charge is 0.123 e. The molecule has 0 spiro atoms. The minimum Gasteiger partial charge on any atom is -0.372 e. The van der Waals surface area contributed by atoms with Gasteiger partial charge in [-0.25, -0.2) is 4.39 Å². The predicted octanol–water partition coefficient (Wildman–Crippen LogP) is 9.23. The second-order valence-corrected chi connectivity index (χ2v) is 11.6. The molecule has 0 amide bonds. The molecule has 1 N–H and O–H groups in total. The maximum absolute atomic E-state index is 14.2. The van der Waals surface area contributed by atoms with Gasteiger partial charge < -0.3 is 5.32 Å². The van der Waals surface area contributed by atoms with Crippen molar-refractivity contribution in [1.29, 1.82) is 0 Å². The molecule has 3 aliphatic carbocycles. The van der Waals surface area contributed by atoms with E-state index in [2.05, 4.69) is 96.4 Å². The Hall–Kier alpha value is -4.50. The number of allylic oxidation sites excluding steroid dienone is 4. The zero-order chi connectivity index (χ0) is 27.4. The number of hydrogen-bond donors (Lipinski definition) is 1. The van der Waals surface area contributed by atoms with Crippen LogP contribution in [0.1, 0.15) is 59.1 Å². The Morgan fingerprint density at radius 1 is 0.902 bits per heavy atom. The fourth-order valence-corrected chi connectivity index (χ4v) is 7.20. The van der Waals surface area contributed by atoms with Crippen molar-refractivity contribution in [2.24, 2.45) is 4.99 Å². The molecule has 3 heteroatoms. The quantitative estimate of drug-likeness (QED) is 0.277. The molecule has 1 unspecified atom stereocenters. The van der Waals surface area contributed by atoms with Gasteiger partial charge in [0.05, 0.1) is 16.9 Å². The van der Waals surface area contributed by atoms with Crippen LogP contribution in [0.25, 0.3) is 28.5 Å². The van der Waals surface area contributed by atoms with Crippen molar-refractivity contribution in [2.75, 3.05) is 0 Å². The van der Waals surface area contributed by atoms with Crippen LogP contribution in [-0.4, -0.2) is 5.71 Å². The van der Waals surface area contributed by atoms with Crippen LogP contribution in [-0.2, 0) is 18.4 Å². The lowest BCUT2D eigenvalue weighted by Crippen LogP contribution is -2.43. The molecule has 4 aromatic carbocycles. The highest BCUT2D eigenvalue weighted by Gasteiger charge is 2.36. The van der Waals surface area contributed by atoms with Crippen molar-refractivity contribution in [3.63, 3.8) is 0 Å². The van der Waals surface area contributed by atoms with E-state index in [1.54, 1.807) is 12.1 Å². The Labute approximate surface area is 240 Å². The first kappa shape index (κ1) is 24.3. The van der Waals surface area contributed by atoms with E-state index in [9.17, 15) is 4.39 Å². The molecule has 0 radical (unpaired) electrons. The van der Waals surface area contributed by atoms with Gasteiger partial charge in [-0.3, -0.25) is 4.99 Å². The normalized spacial score (nSPS) is 20.6. The van der Waals surface area contributed by atoms with E-state index < -0.39 is 0 Å². The topological polar surface area (TPSA) is 24.4 Å². The largest absolute Gasteiger partial charge is 0.372 e. The molecular weight excluding hydrogens is 503 g/mol. The van der Waals surface area contributed by atoms with Crippen LogP contribution in [0.15, 0.2) is 108 Å². The van der Waals surface area contributed by atoms with E-state index in [0.717, 1.165) is 66.8 Å². The standard InChI is InChI=1S/C38H31FN2/c39-27-13-18-36-33(23-27)34-24-28(14-19-37(34)40-36)41-38(22-20-25-7-2-1-3-8-25)21-6-11-32-31-15-12-26-9-4-5-10-29(26)30(31)16-17-35(32)38/h1-4,7-9,12-18,20,22-24,41H,5-6,10-11,19,21H2. The maximum atomic E-state index is 14.2. The Kier molecular flexibility index (Phi) is 5.67. The average molecular weight is 535 g/mol. The van der Waals surface area contributed by atoms with Crippen LogP contribution in [0.3, 0.4) is 0 Å². The molecule has 0 saturated heterocycles. The summed E-state index contributed by atoms with van der Waals surface area (Å²) in [4.78, 5) is 4.79. The molecule has 4 aromatic rings. The van der Waals surface area contributed by atoms with E-state index in [0.29, 0.717) is 0 Å². The summed E-state index contributed by atoms with van der Waals surface area (Å²) in [6.45, 7) is 0. The van der Waals surface area contributed by atoms with Crippen molar-refractivity contribution >= 4 is 39.9 Å². The second kappa shape index (κ2) is 9.55. The molecule has 0 aromatic heterocycles. The van der Waals surface area contributed by atoms with Gasteiger partial charge in [-0.15, -0.1) is 0 Å². The highest BCUT2D eigenvalue weighted by molar-refractivity contribution is 6.30. The lowest BCUT2D eigenvalue weighted by Gasteiger charge is -2.40. The fraction of sp³-hybridized carbons (Fsp3) is 0.184. The first-order valence-electron chi connectivity index (χ1n) is 14.7. The summed E-state index contributed by atoms with van der Waals surface area (Å²) in [5.74, 6) is -0.224. The molecule has 4 aliphatic rings. The molecule has 1 atom stereocenters. The molecule has 200 valence electrons. The number of aliphatic imine (C=N–C) groups is 1. The lowest BCUT2D eigenvalue weighted by atomic mass is 9.73. The number of fused-ring (bicyclic) bond motifs is 8. The minimum atomic E-state index is -0.367. The van der Waals surface area contributed by atoms with Crippen LogP contribution in [0.5, 0.6) is 0 Å². The monoisotopic (exact) mass is 534 g/mol. The van der Waals surface area contributed by atoms with E-state index in [4.69, 9.17) is 4.99 Å². The third kappa shape index (κ3) is 4.11. The highest BCUT2D eigenvalue weighted by atomic mass is 19.1. The summed E-state index contributed by atoms with van der Waals surface area (Å²) in [5, 5.41) is 6.81. The maximum Gasteiger partial charge on any atom is 0.123 e. The highest BCUT2D eigenvalue weighted by Crippen LogP contribution is 2.44. The number of nitrogens with one attached hydrogen (secondary N) is 1. The SMILES string of the molecule is Fc1ccc2c(c1)C1=CC(NC3(C=Cc4ccccc4)CCCc4c3ccc3c5c(ccc43)C=CCC5)=CCC1=N2. The van der Waals surface area contributed by atoms with Crippen LogP contribution < -0.4 is 5.32 Å². The van der Waals surface area contributed by atoms with Crippen LogP contribution in [0.2, 0.25) is 0 Å². The molecule has 0 fully saturated rings. The van der Waals surface area contributed by atoms with Crippen molar-refractivity contribution in [3.05, 3.63) is 142 Å². The van der Waals surface area contributed by atoms with Gasteiger partial charge in [0.15, 0.2) is 0 Å². The molecule has 1 heterocycles. The summed E-state index contributed by atoms with van der Waals surface area (Å²) in [6, 6.07) is 24.8. The predicted molar refractivity (Wildman–Crippen MR) is 169 cm³/mol. The van der Waals surface area contributed by atoms with Gasteiger partial charge in [0.25, 0.3) is 0 Å². The zero-order valence-electron chi connectivity index (χ0n) is 23.0. The number of halogens is 1. The third-order valence-corrected chi connectivity index (χ3v) is 9.15. The molecule has 8 rings (SSSR count). The summed E-state index contributed by atoms with van der Waals surface area (Å²) < 4.78 is 14.2. The zero-order valence-corrected chi connectivity index (χ0v) is 23.0. The molecule has 2 nitrogen and oxygen atoms in total. The van der Waals surface area contributed by atoms with Gasteiger partial charge in [-0.1, -0.05) is 85.0 Å². The summed E-state index contributed by atoms with van der Waals surface area (Å²) in [7, 11) is 0. The average Bonchev–Trinajstić information content (AvgIpc) is 3.37. The number of nitrogens with zero attached hydrogens (tertiary/aromatic N) is 1. The van der Waals surface area contributed by atoms with Crippen LogP contribution in [0.4, 0.5) is 10.1 Å². The van der Waals surface area contributed by atoms with Gasteiger partial charge >= 0.3 is 0 Å². The number of benzene rings is 4. The van der Waals surface area contributed by atoms with E-state index in [1.807, 2.05) is 0 Å². The second-order valence-electron chi connectivity index (χ2n) is 11.6. The first-order valence-corrected chi connectivity index (χ1v) is 14.7. The number of hydrogen-bond acceptors (Lipinski definition) is 2. The molecular formula is C38H31FN2. The Morgan fingerprint density at radius 3 is 2.71 bits per heavy atom. The number of aryl methyl sites for hydroxylation is 2. The van der Waals surface area contributed by atoms with E-state index >= 15 is 0 Å². The first-order chi connectivity index (χ1) is 20.2. The van der Waals surface area contributed by atoms with Gasteiger partial charge in [0, 0.05) is 23.3 Å². The summed E-state index contributed by atoms with van der Waals surface area (Å²) in [6.07, 6.45) is 19.7. The van der Waals surface area contributed by atoms with Crippen LogP contribution in [0, 0.1) is 5.82 Å². The van der Waals surface area contributed by atoms with Crippen molar-refractivity contribution in [1.82, 2.24) is 5.32 Å². The van der Waals surface area contributed by atoms with Crippen molar-refractivity contribution in [3.8, 4) is 0 Å². The van der Waals surface area contributed by atoms with Gasteiger partial charge in [-0.05, 0) is 95.0 Å². The van der Waals surface area contributed by atoms with Gasteiger partial charge in [0.2, 0.25) is 0 Å². The van der Waals surface area contributed by atoms with Crippen LogP contribution >= 0.6 is 0 Å². The molecule has 41 heavy (non-hydrogen) atoms. The molecule has 0 bridgehead atoms. The van der Waals surface area contributed by atoms with Crippen molar-refractivity contribution < 1.29 is 4.39 Å². The van der Waals surface area contributed by atoms with Crippen molar-refractivity contribution in [2.45, 2.75) is 44.1 Å². The van der Waals surface area contributed by atoms with Gasteiger partial charge in [0.1, 0.15) is 5.82 Å². The summed E-state index contributed by atoms with van der Waals surface area (Å²) >= 11 is 0. The lowest BCUT2D eigenvalue weighted by molar-refractivity contribution is 0.394. The molecule has 0 saturated carbocycles. The number of rotatable bonds is 4. The summed E-state index contributed by atoms with van der Waals surface area (Å²) in [5.41, 5.74) is 11.3. The Bertz CT molecular complexity index is 1870. The fourth-order valence-electron chi connectivity index (χ4n) is 7.20. The minimum absolute atomic E-state index is 0.224.